The lowest BCUT2D eigenvalue weighted by Gasteiger charge is -2.43. The second-order valence-corrected chi connectivity index (χ2v) is 6.10. The minimum atomic E-state index is -1.90. The van der Waals surface area contributed by atoms with Crippen LogP contribution in [0.4, 0.5) is 0 Å². The van der Waals surface area contributed by atoms with Gasteiger partial charge in [0.25, 0.3) is 0 Å². The molecule has 0 saturated carbocycles. The van der Waals surface area contributed by atoms with Crippen LogP contribution < -0.4 is 5.73 Å². The summed E-state index contributed by atoms with van der Waals surface area (Å²) in [6.45, 7) is 2.60. The number of nitrogens with zero attached hydrogens (tertiary/aromatic N) is 1. The summed E-state index contributed by atoms with van der Waals surface area (Å²) in [5, 5.41) is 27.3. The van der Waals surface area contributed by atoms with E-state index in [1.165, 1.54) is 13.8 Å². The van der Waals surface area contributed by atoms with Gasteiger partial charge in [-0.2, -0.15) is 0 Å². The van der Waals surface area contributed by atoms with Crippen LogP contribution in [0.1, 0.15) is 13.8 Å². The third-order valence-electron chi connectivity index (χ3n) is 3.42. The number of hydrogen-bond donors (Lipinski definition) is 4. The van der Waals surface area contributed by atoms with E-state index in [1.54, 1.807) is 0 Å². The lowest BCUT2D eigenvalue weighted by Crippen LogP contribution is -2.60. The van der Waals surface area contributed by atoms with Crippen LogP contribution in [0.3, 0.4) is 0 Å². The van der Waals surface area contributed by atoms with E-state index in [0.717, 1.165) is 16.7 Å². The number of nitrogens with two attached hydrogens (primary N) is 1. The summed E-state index contributed by atoms with van der Waals surface area (Å²) < 4.78 is 0. The number of carboxylic acid groups (broad SMARTS) is 2. The van der Waals surface area contributed by atoms with Crippen LogP contribution in [0.5, 0.6) is 0 Å². The summed E-state index contributed by atoms with van der Waals surface area (Å²) in [6, 6.07) is 0. The van der Waals surface area contributed by atoms with Gasteiger partial charge in [0, 0.05) is 4.91 Å². The first-order valence-corrected chi connectivity index (χ1v) is 6.66. The number of aliphatic hydroxyl groups excluding tert-OH is 1. The molecule has 110 valence electrons. The summed E-state index contributed by atoms with van der Waals surface area (Å²) in [5.41, 5.74) is 3.36. The van der Waals surface area contributed by atoms with Crippen LogP contribution in [0.25, 0.3) is 0 Å². The van der Waals surface area contributed by atoms with Crippen LogP contribution in [0.15, 0.2) is 10.6 Å². The Balaban J connectivity index is 2.46. The molecule has 1 fully saturated rings. The molecule has 0 aliphatic carbocycles. The van der Waals surface area contributed by atoms with Gasteiger partial charge in [-0.15, -0.1) is 0 Å². The summed E-state index contributed by atoms with van der Waals surface area (Å²) in [6.07, 6.45) is -0.945. The Morgan fingerprint density at radius 2 is 2.00 bits per heavy atom. The smallest absolute Gasteiger partial charge is 0.353 e. The molecule has 0 aromatic heterocycles. The average molecular weight is 302 g/mol. The number of aliphatic hydroxyl groups is 1. The van der Waals surface area contributed by atoms with Crippen LogP contribution in [0, 0.1) is 5.92 Å². The maximum Gasteiger partial charge on any atom is 0.353 e. The van der Waals surface area contributed by atoms with Crippen LogP contribution >= 0.6 is 11.8 Å². The second-order valence-electron chi connectivity index (χ2n) is 4.97. The predicted octanol–water partition coefficient (Wildman–Crippen LogP) is -1.00. The molecule has 8 nitrogen and oxygen atoms in total. The van der Waals surface area contributed by atoms with Gasteiger partial charge in [0.1, 0.15) is 16.6 Å². The minimum Gasteiger partial charge on any atom is -0.480 e. The van der Waals surface area contributed by atoms with E-state index in [0.29, 0.717) is 0 Å². The number of amides is 1. The Morgan fingerprint density at radius 1 is 1.45 bits per heavy atom. The first kappa shape index (κ1) is 14.8. The summed E-state index contributed by atoms with van der Waals surface area (Å²) in [5.74, 6) is -4.09. The van der Waals surface area contributed by atoms with Gasteiger partial charge < -0.3 is 21.1 Å². The van der Waals surface area contributed by atoms with E-state index in [2.05, 4.69) is 0 Å². The highest BCUT2D eigenvalue weighted by Gasteiger charge is 2.60. The normalized spacial score (nSPS) is 29.6. The molecule has 2 heterocycles. The molecule has 0 aromatic rings. The number of fused-ring (bicyclic) bond motifs is 1. The Morgan fingerprint density at radius 3 is 2.40 bits per heavy atom. The van der Waals surface area contributed by atoms with Crippen molar-refractivity contribution in [1.82, 2.24) is 4.90 Å². The van der Waals surface area contributed by atoms with Gasteiger partial charge in [-0.05, 0) is 13.8 Å². The van der Waals surface area contributed by atoms with Gasteiger partial charge in [-0.3, -0.25) is 9.69 Å². The highest BCUT2D eigenvalue weighted by molar-refractivity contribution is 8.04. The zero-order valence-electron chi connectivity index (χ0n) is 10.7. The first-order valence-electron chi connectivity index (χ1n) is 5.78. The Labute approximate surface area is 118 Å². The molecule has 0 aromatic carbocycles. The van der Waals surface area contributed by atoms with E-state index in [1.807, 2.05) is 0 Å². The fourth-order valence-corrected chi connectivity index (χ4v) is 3.92. The van der Waals surface area contributed by atoms with E-state index >= 15 is 0 Å². The van der Waals surface area contributed by atoms with Crippen molar-refractivity contribution in [3.63, 3.8) is 0 Å². The van der Waals surface area contributed by atoms with Crippen molar-refractivity contribution >= 4 is 29.6 Å². The minimum absolute atomic E-state index is 0.0843. The van der Waals surface area contributed by atoms with Gasteiger partial charge in [0.15, 0.2) is 0 Å². The number of carbonyl (C=O) groups excluding carboxylic acids is 1. The molecular weight excluding hydrogens is 288 g/mol. The van der Waals surface area contributed by atoms with Crippen molar-refractivity contribution in [2.24, 2.45) is 11.7 Å². The maximum absolute atomic E-state index is 11.9. The predicted molar refractivity (Wildman–Crippen MR) is 68.3 cm³/mol. The largest absolute Gasteiger partial charge is 0.480 e. The standard InChI is InChI=1S/C11H14N2O6S/c1-3(14)4-7(15)13-5(9(16)17)6(20-8(4)13)11(2,12)10(18)19/h3-4,8,14H,12H2,1-2H3,(H,16,17)(H,18,19)/t3?,4-,8+,11?/m0/s1. The van der Waals surface area contributed by atoms with Crippen molar-refractivity contribution in [2.75, 3.05) is 0 Å². The maximum atomic E-state index is 11.9. The van der Waals surface area contributed by atoms with Gasteiger partial charge >= 0.3 is 11.9 Å². The molecule has 9 heteroatoms. The third kappa shape index (κ3) is 1.81. The van der Waals surface area contributed by atoms with Crippen molar-refractivity contribution in [3.05, 3.63) is 10.6 Å². The highest BCUT2D eigenvalue weighted by Crippen LogP contribution is 2.52. The number of carbonyl (C=O) groups is 3. The lowest BCUT2D eigenvalue weighted by atomic mass is 9.91. The van der Waals surface area contributed by atoms with E-state index in [4.69, 9.17) is 10.8 Å². The van der Waals surface area contributed by atoms with Crippen molar-refractivity contribution < 1.29 is 29.7 Å². The Kier molecular flexibility index (Phi) is 3.31. The number of β-lactam (4-membered cyclic amide) rings is 1. The molecule has 0 spiro atoms. The molecule has 0 bridgehead atoms. The first-order chi connectivity index (χ1) is 9.10. The van der Waals surface area contributed by atoms with E-state index < -0.39 is 46.5 Å². The van der Waals surface area contributed by atoms with Gasteiger partial charge in [-0.25, -0.2) is 9.59 Å². The monoisotopic (exact) mass is 302 g/mol. The van der Waals surface area contributed by atoms with Crippen molar-refractivity contribution in [2.45, 2.75) is 30.9 Å². The van der Waals surface area contributed by atoms with Crippen molar-refractivity contribution in [3.8, 4) is 0 Å². The molecule has 2 aliphatic heterocycles. The summed E-state index contributed by atoms with van der Waals surface area (Å²) in [4.78, 5) is 35.3. The number of rotatable bonds is 4. The molecule has 2 rings (SSSR count). The van der Waals surface area contributed by atoms with Crippen molar-refractivity contribution in [1.29, 1.82) is 0 Å². The van der Waals surface area contributed by atoms with Gasteiger partial charge in [0.2, 0.25) is 5.91 Å². The molecular formula is C11H14N2O6S. The molecule has 2 unspecified atom stereocenters. The average Bonchev–Trinajstić information content (AvgIpc) is 2.63. The molecule has 1 amide bonds. The molecule has 0 radical (unpaired) electrons. The summed E-state index contributed by atoms with van der Waals surface area (Å²) >= 11 is 0.910. The topological polar surface area (TPSA) is 141 Å². The number of thioether (sulfide) groups is 1. The molecule has 2 aliphatic rings. The summed E-state index contributed by atoms with van der Waals surface area (Å²) in [7, 11) is 0. The number of aliphatic carboxylic acids is 2. The molecule has 5 N–H and O–H groups in total. The van der Waals surface area contributed by atoms with Crippen LogP contribution in [0.2, 0.25) is 0 Å². The second kappa shape index (κ2) is 4.47. The SMILES string of the molecule is CC(O)[C@H]1C(=O)N2C(C(=O)O)=C(C(C)(N)C(=O)O)S[C@H]12. The van der Waals surface area contributed by atoms with Crippen LogP contribution in [-0.2, 0) is 14.4 Å². The van der Waals surface area contributed by atoms with Gasteiger partial charge in [-0.1, -0.05) is 11.8 Å². The number of hydrogen-bond acceptors (Lipinski definition) is 6. The molecule has 1 saturated heterocycles. The zero-order chi connectivity index (χ0) is 15.4. The fraction of sp³-hybridized carbons (Fsp3) is 0.545. The zero-order valence-corrected chi connectivity index (χ0v) is 11.5. The fourth-order valence-electron chi connectivity index (χ4n) is 2.25. The van der Waals surface area contributed by atoms with Crippen LogP contribution in [-0.4, -0.2) is 55.1 Å². The van der Waals surface area contributed by atoms with E-state index in [9.17, 15) is 24.6 Å². The van der Waals surface area contributed by atoms with E-state index in [-0.39, 0.29) is 4.91 Å². The number of carboxylic acids is 2. The lowest BCUT2D eigenvalue weighted by molar-refractivity contribution is -0.156. The Bertz CT molecular complexity index is 541. The quantitative estimate of drug-likeness (QED) is 0.484. The highest BCUT2D eigenvalue weighted by atomic mass is 32.2. The van der Waals surface area contributed by atoms with Gasteiger partial charge in [0.05, 0.1) is 12.0 Å². The molecule has 20 heavy (non-hydrogen) atoms. The Hall–Kier alpha value is -1.58. The molecule has 4 atom stereocenters. The third-order valence-corrected chi connectivity index (χ3v) is 5.02.